The van der Waals surface area contributed by atoms with E-state index in [0.717, 1.165) is 11.3 Å². The summed E-state index contributed by atoms with van der Waals surface area (Å²) < 4.78 is 26.5. The molecule has 0 saturated heterocycles. The highest BCUT2D eigenvalue weighted by molar-refractivity contribution is 7.93. The molecule has 0 unspecified atom stereocenters. The van der Waals surface area contributed by atoms with Crippen molar-refractivity contribution >= 4 is 44.1 Å². The van der Waals surface area contributed by atoms with Crippen molar-refractivity contribution in [3.05, 3.63) is 35.8 Å². The summed E-state index contributed by atoms with van der Waals surface area (Å²) in [6, 6.07) is 5.34. The van der Waals surface area contributed by atoms with Crippen LogP contribution < -0.4 is 10.0 Å². The molecule has 0 spiro atoms. The third-order valence-electron chi connectivity index (χ3n) is 2.41. The zero-order valence-corrected chi connectivity index (χ0v) is 12.6. The molecule has 2 aromatic rings. The molecule has 8 nitrogen and oxygen atoms in total. The van der Waals surface area contributed by atoms with Crippen molar-refractivity contribution in [1.82, 2.24) is 4.98 Å². The van der Waals surface area contributed by atoms with Gasteiger partial charge in [-0.15, -0.1) is 11.3 Å². The molecule has 116 valence electrons. The van der Waals surface area contributed by atoms with E-state index < -0.39 is 28.3 Å². The predicted molar refractivity (Wildman–Crippen MR) is 80.2 cm³/mol. The molecule has 2 rings (SSSR count). The minimum atomic E-state index is -3.76. The summed E-state index contributed by atoms with van der Waals surface area (Å²) in [5.41, 5.74) is 0.305. The highest BCUT2D eigenvalue weighted by Gasteiger charge is 2.15. The van der Waals surface area contributed by atoms with E-state index in [2.05, 4.69) is 15.0 Å². The number of carbonyl (C=O) groups excluding carboxylic acids is 1. The number of hydrogen-bond acceptors (Lipinski definition) is 6. The molecular weight excluding hydrogens is 330 g/mol. The summed E-state index contributed by atoms with van der Waals surface area (Å²) >= 11 is 1.15. The Kier molecular flexibility index (Phi) is 4.73. The highest BCUT2D eigenvalue weighted by Crippen LogP contribution is 2.19. The van der Waals surface area contributed by atoms with Crippen LogP contribution in [0.1, 0.15) is 6.42 Å². The van der Waals surface area contributed by atoms with Crippen LogP contribution in [0.5, 0.6) is 0 Å². The Hall–Kier alpha value is -2.46. The number of carboxylic acids is 1. The maximum atomic E-state index is 12.1. The Bertz CT molecular complexity index is 770. The first-order chi connectivity index (χ1) is 10.4. The second kappa shape index (κ2) is 6.54. The van der Waals surface area contributed by atoms with Gasteiger partial charge in [-0.3, -0.25) is 14.3 Å². The van der Waals surface area contributed by atoms with E-state index in [1.807, 2.05) is 0 Å². The molecule has 1 aromatic heterocycles. The monoisotopic (exact) mass is 341 g/mol. The van der Waals surface area contributed by atoms with E-state index in [9.17, 15) is 18.0 Å². The van der Waals surface area contributed by atoms with Gasteiger partial charge in [0.25, 0.3) is 10.0 Å². The first kappa shape index (κ1) is 15.9. The second-order valence-corrected chi connectivity index (χ2v) is 6.66. The molecule has 3 N–H and O–H groups in total. The highest BCUT2D eigenvalue weighted by atomic mass is 32.2. The number of carboxylic acid groups (broad SMARTS) is 1. The summed E-state index contributed by atoms with van der Waals surface area (Å²) in [6.45, 7) is 0. The Morgan fingerprint density at radius 1 is 1.23 bits per heavy atom. The molecule has 0 aliphatic heterocycles. The Labute approximate surface area is 129 Å². The number of hydrogen-bond donors (Lipinski definition) is 3. The number of amides is 1. The average molecular weight is 341 g/mol. The topological polar surface area (TPSA) is 125 Å². The zero-order valence-electron chi connectivity index (χ0n) is 11.0. The van der Waals surface area contributed by atoms with E-state index >= 15 is 0 Å². The minimum absolute atomic E-state index is 0.000987. The molecule has 10 heteroatoms. The van der Waals surface area contributed by atoms with Gasteiger partial charge in [-0.1, -0.05) is 0 Å². The maximum absolute atomic E-state index is 12.1. The van der Waals surface area contributed by atoms with Crippen LogP contribution in [-0.4, -0.2) is 30.4 Å². The van der Waals surface area contributed by atoms with E-state index in [1.54, 1.807) is 5.38 Å². The van der Waals surface area contributed by atoms with Gasteiger partial charge >= 0.3 is 5.97 Å². The second-order valence-electron chi connectivity index (χ2n) is 4.09. The van der Waals surface area contributed by atoms with Gasteiger partial charge in [0, 0.05) is 17.3 Å². The Balaban J connectivity index is 2.08. The molecule has 0 fully saturated rings. The Morgan fingerprint density at radius 2 is 1.91 bits per heavy atom. The number of aromatic nitrogens is 1. The number of sulfonamides is 1. The van der Waals surface area contributed by atoms with Crippen molar-refractivity contribution in [2.24, 2.45) is 0 Å². The lowest BCUT2D eigenvalue weighted by atomic mass is 10.3. The molecule has 0 saturated carbocycles. The van der Waals surface area contributed by atoms with E-state index in [1.165, 1.54) is 30.5 Å². The lowest BCUT2D eigenvalue weighted by Crippen LogP contribution is -2.16. The molecule has 1 amide bonds. The molecule has 1 heterocycles. The molecule has 0 aliphatic carbocycles. The summed E-state index contributed by atoms with van der Waals surface area (Å²) in [5, 5.41) is 12.7. The van der Waals surface area contributed by atoms with Crippen LogP contribution in [0.2, 0.25) is 0 Å². The molecule has 1 aromatic carbocycles. The molecule has 0 bridgehead atoms. The van der Waals surface area contributed by atoms with E-state index in [0.29, 0.717) is 5.69 Å². The minimum Gasteiger partial charge on any atom is -0.481 e. The fraction of sp³-hybridized carbons (Fsp3) is 0.0833. The molecule has 0 radical (unpaired) electrons. The first-order valence-corrected chi connectivity index (χ1v) is 8.27. The fourth-order valence-electron chi connectivity index (χ4n) is 1.51. The predicted octanol–water partition coefficient (Wildman–Crippen LogP) is 1.36. The standard InChI is InChI=1S/C12H11N3O5S2/c16-10(7-11(17)18)14-8-1-3-9(4-2-8)22(19,20)15-12-13-5-6-21-12/h1-6H,7H2,(H,13,15)(H,14,16)(H,17,18). The SMILES string of the molecule is O=C(O)CC(=O)Nc1ccc(S(=O)(=O)Nc2nccs2)cc1. The quantitative estimate of drug-likeness (QED) is 0.681. The van der Waals surface area contributed by atoms with Crippen molar-refractivity contribution in [2.45, 2.75) is 11.3 Å². The van der Waals surface area contributed by atoms with Gasteiger partial charge in [-0.2, -0.15) is 0 Å². The lowest BCUT2D eigenvalue weighted by Gasteiger charge is -2.07. The summed E-state index contributed by atoms with van der Waals surface area (Å²) in [6.07, 6.45) is 0.815. The third kappa shape index (κ3) is 4.27. The summed E-state index contributed by atoms with van der Waals surface area (Å²) in [7, 11) is -3.76. The number of anilines is 2. The van der Waals surface area contributed by atoms with Crippen LogP contribution >= 0.6 is 11.3 Å². The first-order valence-electron chi connectivity index (χ1n) is 5.91. The number of benzene rings is 1. The lowest BCUT2D eigenvalue weighted by molar-refractivity contribution is -0.139. The number of nitrogens with one attached hydrogen (secondary N) is 2. The van der Waals surface area contributed by atoms with Gasteiger partial charge in [-0.25, -0.2) is 13.4 Å². The van der Waals surface area contributed by atoms with Crippen LogP contribution in [0.15, 0.2) is 40.7 Å². The van der Waals surface area contributed by atoms with Crippen molar-refractivity contribution in [2.75, 3.05) is 10.0 Å². The van der Waals surface area contributed by atoms with Crippen LogP contribution in [-0.2, 0) is 19.6 Å². The van der Waals surface area contributed by atoms with Crippen molar-refractivity contribution in [1.29, 1.82) is 0 Å². The van der Waals surface area contributed by atoms with Gasteiger partial charge < -0.3 is 10.4 Å². The largest absolute Gasteiger partial charge is 0.481 e. The van der Waals surface area contributed by atoms with Crippen LogP contribution in [0, 0.1) is 0 Å². The van der Waals surface area contributed by atoms with E-state index in [4.69, 9.17) is 5.11 Å². The third-order valence-corrected chi connectivity index (χ3v) is 4.59. The number of carbonyl (C=O) groups is 2. The van der Waals surface area contributed by atoms with Crippen molar-refractivity contribution in [3.63, 3.8) is 0 Å². The number of nitrogens with zero attached hydrogens (tertiary/aromatic N) is 1. The molecular formula is C12H11N3O5S2. The summed E-state index contributed by atoms with van der Waals surface area (Å²) in [5.74, 6) is -1.94. The van der Waals surface area contributed by atoms with Crippen LogP contribution in [0.25, 0.3) is 0 Å². The van der Waals surface area contributed by atoms with Crippen LogP contribution in [0.4, 0.5) is 10.8 Å². The zero-order chi connectivity index (χ0) is 16.2. The molecule has 0 aliphatic rings. The number of aliphatic carboxylic acids is 1. The summed E-state index contributed by atoms with van der Waals surface area (Å²) in [4.78, 5) is 25.5. The van der Waals surface area contributed by atoms with Gasteiger partial charge in [0.15, 0.2) is 5.13 Å². The van der Waals surface area contributed by atoms with Gasteiger partial charge in [0.05, 0.1) is 4.90 Å². The maximum Gasteiger partial charge on any atom is 0.312 e. The normalized spacial score (nSPS) is 10.9. The van der Waals surface area contributed by atoms with Gasteiger partial charge in [0.1, 0.15) is 6.42 Å². The van der Waals surface area contributed by atoms with E-state index in [-0.39, 0.29) is 10.0 Å². The smallest absolute Gasteiger partial charge is 0.312 e. The van der Waals surface area contributed by atoms with Crippen LogP contribution in [0.3, 0.4) is 0 Å². The number of thiazole rings is 1. The molecule has 0 atom stereocenters. The number of rotatable bonds is 6. The van der Waals surface area contributed by atoms with Gasteiger partial charge in [-0.05, 0) is 24.3 Å². The Morgan fingerprint density at radius 3 is 2.45 bits per heavy atom. The van der Waals surface area contributed by atoms with Crippen molar-refractivity contribution in [3.8, 4) is 0 Å². The average Bonchev–Trinajstić information content (AvgIpc) is 2.90. The van der Waals surface area contributed by atoms with Gasteiger partial charge in [0.2, 0.25) is 5.91 Å². The molecule has 22 heavy (non-hydrogen) atoms. The van der Waals surface area contributed by atoms with Crippen molar-refractivity contribution < 1.29 is 23.1 Å². The fourth-order valence-corrected chi connectivity index (χ4v) is 3.30.